The first-order valence-electron chi connectivity index (χ1n) is 6.61. The van der Waals surface area contributed by atoms with Crippen LogP contribution in [0.2, 0.25) is 0 Å². The Labute approximate surface area is 113 Å². The molecule has 104 valence electrons. The Kier molecular flexibility index (Phi) is 3.90. The van der Waals surface area contributed by atoms with Crippen molar-refractivity contribution in [3.8, 4) is 0 Å². The minimum absolute atomic E-state index is 0.0182. The van der Waals surface area contributed by atoms with Crippen molar-refractivity contribution in [1.29, 1.82) is 0 Å². The number of rotatable bonds is 2. The Hall–Kier alpha value is -1.42. The van der Waals surface area contributed by atoms with Gasteiger partial charge in [-0.3, -0.25) is 4.79 Å². The highest BCUT2D eigenvalue weighted by Gasteiger charge is 2.36. The smallest absolute Gasteiger partial charge is 0.227 e. The highest BCUT2D eigenvalue weighted by Crippen LogP contribution is 2.28. The third-order valence-corrected chi connectivity index (χ3v) is 3.78. The predicted molar refractivity (Wildman–Crippen MR) is 71.1 cm³/mol. The third kappa shape index (κ3) is 3.32. The van der Waals surface area contributed by atoms with Gasteiger partial charge in [0.2, 0.25) is 5.91 Å². The molecule has 1 aromatic carbocycles. The number of carbonyl (C=O) groups excluding carboxylic acids is 1. The molecule has 4 heteroatoms. The van der Waals surface area contributed by atoms with Gasteiger partial charge in [-0.2, -0.15) is 0 Å². The predicted octanol–water partition coefficient (Wildman–Crippen LogP) is 2.13. The zero-order chi connectivity index (χ0) is 14.0. The van der Waals surface area contributed by atoms with Gasteiger partial charge in [-0.1, -0.05) is 12.1 Å². The van der Waals surface area contributed by atoms with Crippen molar-refractivity contribution in [2.45, 2.75) is 44.8 Å². The van der Waals surface area contributed by atoms with Crippen LogP contribution in [0.4, 0.5) is 4.39 Å². The number of β-amino-alcohol motifs (C(OH)–C–C–N with tert-alkyl or cyclic N) is 1. The topological polar surface area (TPSA) is 40.5 Å². The largest absolute Gasteiger partial charge is 0.391 e. The van der Waals surface area contributed by atoms with Gasteiger partial charge in [0.25, 0.3) is 0 Å². The molecule has 0 aliphatic carbocycles. The normalized spacial score (nSPS) is 22.3. The van der Waals surface area contributed by atoms with Crippen LogP contribution in [0.5, 0.6) is 0 Å². The Bertz CT molecular complexity index is 456. The zero-order valence-corrected chi connectivity index (χ0v) is 11.4. The summed E-state index contributed by atoms with van der Waals surface area (Å²) in [6, 6.07) is 5.97. The summed E-state index contributed by atoms with van der Waals surface area (Å²) in [5, 5.41) is 9.72. The molecule has 1 aromatic rings. The van der Waals surface area contributed by atoms with Crippen LogP contribution in [0.25, 0.3) is 0 Å². The second-order valence-electron chi connectivity index (χ2n) is 5.81. The fourth-order valence-corrected chi connectivity index (χ4v) is 2.52. The molecule has 1 amide bonds. The van der Waals surface area contributed by atoms with Crippen molar-refractivity contribution < 1.29 is 14.3 Å². The number of aliphatic hydroxyl groups is 1. The third-order valence-electron chi connectivity index (χ3n) is 3.78. The van der Waals surface area contributed by atoms with Gasteiger partial charge in [0.1, 0.15) is 5.82 Å². The van der Waals surface area contributed by atoms with E-state index in [9.17, 15) is 14.3 Å². The molecule has 1 aliphatic rings. The van der Waals surface area contributed by atoms with Crippen LogP contribution in [0.15, 0.2) is 24.3 Å². The Morgan fingerprint density at radius 3 is 2.68 bits per heavy atom. The summed E-state index contributed by atoms with van der Waals surface area (Å²) in [6.45, 7) is 4.41. The van der Waals surface area contributed by atoms with Crippen molar-refractivity contribution >= 4 is 5.91 Å². The lowest BCUT2D eigenvalue weighted by Gasteiger charge is -2.44. The molecule has 19 heavy (non-hydrogen) atoms. The molecule has 0 radical (unpaired) electrons. The molecule has 2 rings (SSSR count). The molecular formula is C15H20FNO2. The number of hydrogen-bond acceptors (Lipinski definition) is 2. The van der Waals surface area contributed by atoms with E-state index in [2.05, 4.69) is 0 Å². The van der Waals surface area contributed by atoms with Crippen LogP contribution in [-0.4, -0.2) is 34.1 Å². The summed E-state index contributed by atoms with van der Waals surface area (Å²) >= 11 is 0. The highest BCUT2D eigenvalue weighted by molar-refractivity contribution is 5.79. The summed E-state index contributed by atoms with van der Waals surface area (Å²) in [5.74, 6) is -0.319. The zero-order valence-electron chi connectivity index (χ0n) is 11.4. The number of likely N-dealkylation sites (tertiary alicyclic amines) is 1. The standard InChI is InChI=1S/C15H20FNO2/c1-15(2)8-7-13(18)10-17(15)14(19)9-11-3-5-12(16)6-4-11/h3-6,13,18H,7-10H2,1-2H3. The van der Waals surface area contributed by atoms with E-state index in [0.717, 1.165) is 18.4 Å². The summed E-state index contributed by atoms with van der Waals surface area (Å²) < 4.78 is 12.8. The van der Waals surface area contributed by atoms with E-state index in [4.69, 9.17) is 0 Å². The van der Waals surface area contributed by atoms with E-state index in [1.165, 1.54) is 12.1 Å². The molecule has 1 saturated heterocycles. The van der Waals surface area contributed by atoms with Gasteiger partial charge in [-0.05, 0) is 44.4 Å². The fourth-order valence-electron chi connectivity index (χ4n) is 2.52. The first-order chi connectivity index (χ1) is 8.88. The lowest BCUT2D eigenvalue weighted by Crippen LogP contribution is -2.55. The van der Waals surface area contributed by atoms with E-state index < -0.39 is 6.10 Å². The number of amides is 1. The molecule has 1 fully saturated rings. The number of piperidine rings is 1. The van der Waals surface area contributed by atoms with E-state index in [1.807, 2.05) is 13.8 Å². The number of halogens is 1. The maximum absolute atomic E-state index is 12.8. The molecule has 0 aromatic heterocycles. The number of carbonyl (C=O) groups is 1. The summed E-state index contributed by atoms with van der Waals surface area (Å²) in [5.41, 5.74) is 0.568. The lowest BCUT2D eigenvalue weighted by atomic mass is 9.88. The van der Waals surface area contributed by atoms with Gasteiger partial charge < -0.3 is 10.0 Å². The summed E-state index contributed by atoms with van der Waals surface area (Å²) in [4.78, 5) is 14.1. The van der Waals surface area contributed by atoms with Crippen molar-refractivity contribution in [3.63, 3.8) is 0 Å². The van der Waals surface area contributed by atoms with E-state index in [-0.39, 0.29) is 23.7 Å². The second-order valence-corrected chi connectivity index (χ2v) is 5.81. The minimum Gasteiger partial charge on any atom is -0.391 e. The Morgan fingerprint density at radius 1 is 1.42 bits per heavy atom. The molecule has 0 bridgehead atoms. The molecule has 0 spiro atoms. The maximum atomic E-state index is 12.8. The van der Waals surface area contributed by atoms with E-state index >= 15 is 0 Å². The molecule has 1 atom stereocenters. The van der Waals surface area contributed by atoms with Crippen LogP contribution in [0.1, 0.15) is 32.3 Å². The number of nitrogens with zero attached hydrogens (tertiary/aromatic N) is 1. The van der Waals surface area contributed by atoms with Gasteiger partial charge in [-0.15, -0.1) is 0 Å². The first-order valence-corrected chi connectivity index (χ1v) is 6.61. The Balaban J connectivity index is 2.07. The van der Waals surface area contributed by atoms with Crippen LogP contribution in [0, 0.1) is 5.82 Å². The fraction of sp³-hybridized carbons (Fsp3) is 0.533. The van der Waals surface area contributed by atoms with Gasteiger partial charge in [0.15, 0.2) is 0 Å². The lowest BCUT2D eigenvalue weighted by molar-refractivity contribution is -0.141. The van der Waals surface area contributed by atoms with Crippen LogP contribution in [0.3, 0.4) is 0 Å². The van der Waals surface area contributed by atoms with Crippen LogP contribution < -0.4 is 0 Å². The van der Waals surface area contributed by atoms with Gasteiger partial charge in [0, 0.05) is 12.1 Å². The molecule has 1 unspecified atom stereocenters. The molecule has 1 aliphatic heterocycles. The monoisotopic (exact) mass is 265 g/mol. The van der Waals surface area contributed by atoms with Crippen molar-refractivity contribution in [3.05, 3.63) is 35.6 Å². The summed E-state index contributed by atoms with van der Waals surface area (Å²) in [6.07, 6.45) is 1.33. The number of benzene rings is 1. The van der Waals surface area contributed by atoms with E-state index in [0.29, 0.717) is 6.54 Å². The van der Waals surface area contributed by atoms with Crippen LogP contribution in [-0.2, 0) is 11.2 Å². The molecule has 0 saturated carbocycles. The van der Waals surface area contributed by atoms with Crippen molar-refractivity contribution in [1.82, 2.24) is 4.90 Å². The number of aliphatic hydroxyl groups excluding tert-OH is 1. The van der Waals surface area contributed by atoms with E-state index in [1.54, 1.807) is 17.0 Å². The maximum Gasteiger partial charge on any atom is 0.227 e. The highest BCUT2D eigenvalue weighted by atomic mass is 19.1. The van der Waals surface area contributed by atoms with Gasteiger partial charge in [-0.25, -0.2) is 4.39 Å². The average molecular weight is 265 g/mol. The van der Waals surface area contributed by atoms with Crippen molar-refractivity contribution in [2.75, 3.05) is 6.54 Å². The quantitative estimate of drug-likeness (QED) is 0.890. The van der Waals surface area contributed by atoms with Gasteiger partial charge in [0.05, 0.1) is 12.5 Å². The molecule has 3 nitrogen and oxygen atoms in total. The second kappa shape index (κ2) is 5.29. The molecule has 1 heterocycles. The van der Waals surface area contributed by atoms with Crippen LogP contribution >= 0.6 is 0 Å². The summed E-state index contributed by atoms with van der Waals surface area (Å²) in [7, 11) is 0. The number of hydrogen-bond donors (Lipinski definition) is 1. The van der Waals surface area contributed by atoms with Gasteiger partial charge >= 0.3 is 0 Å². The first kappa shape index (κ1) is 14.0. The Morgan fingerprint density at radius 2 is 2.05 bits per heavy atom. The molecule has 1 N–H and O–H groups in total. The average Bonchev–Trinajstić information content (AvgIpc) is 2.35. The molecular weight excluding hydrogens is 245 g/mol. The minimum atomic E-state index is -0.440. The SMILES string of the molecule is CC1(C)CCC(O)CN1C(=O)Cc1ccc(F)cc1. The van der Waals surface area contributed by atoms with Crippen molar-refractivity contribution in [2.24, 2.45) is 0 Å².